The number of rotatable bonds is 3. The van der Waals surface area contributed by atoms with E-state index < -0.39 is 6.03 Å². The molecule has 0 spiro atoms. The Labute approximate surface area is 142 Å². The normalized spacial score (nSPS) is 15.0. The molecule has 1 aromatic carbocycles. The molecule has 0 atom stereocenters. The number of urea groups is 1. The van der Waals surface area contributed by atoms with Gasteiger partial charge in [0.1, 0.15) is 0 Å². The summed E-state index contributed by atoms with van der Waals surface area (Å²) in [6, 6.07) is 5.11. The van der Waals surface area contributed by atoms with Crippen LogP contribution >= 0.6 is 0 Å². The van der Waals surface area contributed by atoms with E-state index in [4.69, 9.17) is 0 Å². The molecule has 0 radical (unpaired) electrons. The van der Waals surface area contributed by atoms with Crippen LogP contribution in [0.2, 0.25) is 0 Å². The van der Waals surface area contributed by atoms with Gasteiger partial charge in [0.05, 0.1) is 26.2 Å². The maximum Gasteiger partial charge on any atom is 0.326 e. The van der Waals surface area contributed by atoms with Crippen molar-refractivity contribution >= 4 is 23.5 Å². The fourth-order valence-corrected chi connectivity index (χ4v) is 2.75. The zero-order chi connectivity index (χ0) is 17.7. The number of hydrogen-bond acceptors (Lipinski definition) is 3. The van der Waals surface area contributed by atoms with Crippen LogP contribution in [0.25, 0.3) is 0 Å². The minimum Gasteiger partial charge on any atom is -0.332 e. The molecular formula is C17H25N4O3+. The Bertz CT molecular complexity index is 637. The molecule has 0 unspecified atom stereocenters. The number of nitrogens with zero attached hydrogens (tertiary/aromatic N) is 1. The number of anilines is 1. The molecule has 1 aliphatic heterocycles. The fourth-order valence-electron chi connectivity index (χ4n) is 2.75. The minimum absolute atomic E-state index is 0.0615. The molecule has 3 N–H and O–H groups in total. The van der Waals surface area contributed by atoms with Crippen molar-refractivity contribution in [2.24, 2.45) is 0 Å². The third kappa shape index (κ3) is 4.79. The molecule has 2 rings (SSSR count). The topological polar surface area (TPSA) is 83.0 Å². The molecule has 1 aliphatic rings. The number of aryl methyl sites for hydroxylation is 1. The van der Waals surface area contributed by atoms with Crippen LogP contribution in [0.4, 0.5) is 10.5 Å². The molecule has 4 amide bonds. The third-order valence-corrected chi connectivity index (χ3v) is 4.43. The quantitative estimate of drug-likeness (QED) is 0.710. The van der Waals surface area contributed by atoms with Crippen LogP contribution in [0.1, 0.15) is 18.1 Å². The molecular weight excluding hydrogens is 308 g/mol. The summed E-state index contributed by atoms with van der Waals surface area (Å²) in [6.45, 7) is 8.39. The maximum absolute atomic E-state index is 12.0. The Kier molecular flexibility index (Phi) is 5.92. The van der Waals surface area contributed by atoms with Crippen molar-refractivity contribution in [2.45, 2.75) is 20.8 Å². The zero-order valence-corrected chi connectivity index (χ0v) is 14.4. The minimum atomic E-state index is -0.518. The van der Waals surface area contributed by atoms with E-state index in [1.54, 1.807) is 17.9 Å². The average molecular weight is 333 g/mol. The molecule has 130 valence electrons. The lowest BCUT2D eigenvalue weighted by molar-refractivity contribution is -0.896. The van der Waals surface area contributed by atoms with E-state index >= 15 is 0 Å². The largest absolute Gasteiger partial charge is 0.332 e. The number of hydrogen-bond donors (Lipinski definition) is 3. The zero-order valence-electron chi connectivity index (χ0n) is 14.4. The van der Waals surface area contributed by atoms with E-state index in [9.17, 15) is 14.4 Å². The first kappa shape index (κ1) is 17.9. The number of piperazine rings is 1. The maximum atomic E-state index is 12.0. The first-order chi connectivity index (χ1) is 11.4. The summed E-state index contributed by atoms with van der Waals surface area (Å²) in [5.41, 5.74) is 2.75. The number of carbonyl (C=O) groups excluding carboxylic acids is 3. The smallest absolute Gasteiger partial charge is 0.326 e. The van der Waals surface area contributed by atoms with Gasteiger partial charge in [-0.2, -0.15) is 0 Å². The monoisotopic (exact) mass is 333 g/mol. The van der Waals surface area contributed by atoms with Crippen molar-refractivity contribution in [3.63, 3.8) is 0 Å². The lowest BCUT2D eigenvalue weighted by Crippen LogP contribution is -3.15. The van der Waals surface area contributed by atoms with E-state index in [0.717, 1.165) is 16.0 Å². The second-order valence-electron chi connectivity index (χ2n) is 6.18. The predicted octanol–water partition coefficient (Wildman–Crippen LogP) is -0.301. The molecule has 0 saturated carbocycles. The highest BCUT2D eigenvalue weighted by Gasteiger charge is 2.24. The molecule has 0 aromatic heterocycles. The van der Waals surface area contributed by atoms with Gasteiger partial charge in [0.15, 0.2) is 6.54 Å². The summed E-state index contributed by atoms with van der Waals surface area (Å²) in [7, 11) is 0. The molecule has 1 fully saturated rings. The van der Waals surface area contributed by atoms with Crippen molar-refractivity contribution in [3.05, 3.63) is 29.3 Å². The lowest BCUT2D eigenvalue weighted by atomic mass is 10.1. The van der Waals surface area contributed by atoms with Crippen LogP contribution < -0.4 is 15.5 Å². The van der Waals surface area contributed by atoms with Crippen LogP contribution in [0.3, 0.4) is 0 Å². The van der Waals surface area contributed by atoms with E-state index in [-0.39, 0.29) is 18.4 Å². The van der Waals surface area contributed by atoms with Gasteiger partial charge in [0.25, 0.3) is 5.91 Å². The highest BCUT2D eigenvalue weighted by Crippen LogP contribution is 2.17. The van der Waals surface area contributed by atoms with Crippen LogP contribution in [0.5, 0.6) is 0 Å². The van der Waals surface area contributed by atoms with Gasteiger partial charge in [-0.05, 0) is 31.0 Å². The molecule has 1 heterocycles. The highest BCUT2D eigenvalue weighted by atomic mass is 16.2. The first-order valence-corrected chi connectivity index (χ1v) is 8.13. The van der Waals surface area contributed by atoms with Gasteiger partial charge in [0.2, 0.25) is 5.91 Å². The van der Waals surface area contributed by atoms with Crippen molar-refractivity contribution in [2.75, 3.05) is 38.0 Å². The van der Waals surface area contributed by atoms with Gasteiger partial charge in [-0.3, -0.25) is 14.9 Å². The average Bonchev–Trinajstić information content (AvgIpc) is 2.52. The molecule has 7 heteroatoms. The standard InChI is InChI=1S/C17H24N4O3/c1-12-5-4-6-15(13(12)2)18-17(24)19-16(23)11-20-7-9-21(10-8-20)14(3)22/h4-6H,7-11H2,1-3H3,(H2,18,19,23,24)/p+1. The second-order valence-corrected chi connectivity index (χ2v) is 6.18. The molecule has 24 heavy (non-hydrogen) atoms. The van der Waals surface area contributed by atoms with Gasteiger partial charge >= 0.3 is 6.03 Å². The molecule has 1 aromatic rings. The van der Waals surface area contributed by atoms with Gasteiger partial charge in [-0.1, -0.05) is 12.1 Å². The van der Waals surface area contributed by atoms with Gasteiger partial charge < -0.3 is 15.1 Å². The molecule has 1 saturated heterocycles. The number of benzene rings is 1. The summed E-state index contributed by atoms with van der Waals surface area (Å²) < 4.78 is 0. The van der Waals surface area contributed by atoms with Gasteiger partial charge in [-0.15, -0.1) is 0 Å². The van der Waals surface area contributed by atoms with Crippen LogP contribution in [-0.2, 0) is 9.59 Å². The molecule has 7 nitrogen and oxygen atoms in total. The summed E-state index contributed by atoms with van der Waals surface area (Å²) in [4.78, 5) is 38.1. The predicted molar refractivity (Wildman–Crippen MR) is 90.9 cm³/mol. The Morgan fingerprint density at radius 2 is 1.83 bits per heavy atom. The number of amides is 4. The van der Waals surface area contributed by atoms with E-state index in [1.807, 2.05) is 26.0 Å². The van der Waals surface area contributed by atoms with Crippen LogP contribution in [0.15, 0.2) is 18.2 Å². The second kappa shape index (κ2) is 7.92. The molecule has 0 bridgehead atoms. The van der Waals surface area contributed by atoms with E-state index in [1.165, 1.54) is 0 Å². The van der Waals surface area contributed by atoms with Gasteiger partial charge in [-0.25, -0.2) is 4.79 Å². The Morgan fingerprint density at radius 3 is 2.46 bits per heavy atom. The SMILES string of the molecule is CC(=O)N1CC[NH+](CC(=O)NC(=O)Nc2cccc(C)c2C)CC1. The summed E-state index contributed by atoms with van der Waals surface area (Å²) in [5, 5.41) is 5.07. The van der Waals surface area contributed by atoms with Crippen molar-refractivity contribution in [1.29, 1.82) is 0 Å². The lowest BCUT2D eigenvalue weighted by Gasteiger charge is -2.31. The van der Waals surface area contributed by atoms with Gasteiger partial charge in [0, 0.05) is 12.6 Å². The number of quaternary nitrogens is 1. The number of nitrogens with one attached hydrogen (secondary N) is 3. The number of imide groups is 1. The number of carbonyl (C=O) groups is 3. The first-order valence-electron chi connectivity index (χ1n) is 8.13. The fraction of sp³-hybridized carbons (Fsp3) is 0.471. The Balaban J connectivity index is 1.79. The Morgan fingerprint density at radius 1 is 1.17 bits per heavy atom. The van der Waals surface area contributed by atoms with Crippen LogP contribution in [0, 0.1) is 13.8 Å². The summed E-state index contributed by atoms with van der Waals surface area (Å²) in [5.74, 6) is -0.254. The van der Waals surface area contributed by atoms with Crippen molar-refractivity contribution < 1.29 is 19.3 Å². The van der Waals surface area contributed by atoms with Crippen LogP contribution in [-0.4, -0.2) is 55.5 Å². The van der Waals surface area contributed by atoms with E-state index in [0.29, 0.717) is 31.9 Å². The Hall–Kier alpha value is -2.41. The molecule has 0 aliphatic carbocycles. The van der Waals surface area contributed by atoms with Crippen molar-refractivity contribution in [3.8, 4) is 0 Å². The third-order valence-electron chi connectivity index (χ3n) is 4.43. The highest BCUT2D eigenvalue weighted by molar-refractivity contribution is 6.01. The summed E-state index contributed by atoms with van der Waals surface area (Å²) in [6.07, 6.45) is 0. The van der Waals surface area contributed by atoms with Crippen molar-refractivity contribution in [1.82, 2.24) is 10.2 Å². The van der Waals surface area contributed by atoms with E-state index in [2.05, 4.69) is 10.6 Å². The summed E-state index contributed by atoms with van der Waals surface area (Å²) >= 11 is 0.